The van der Waals surface area contributed by atoms with E-state index in [-0.39, 0.29) is 11.8 Å². The standard InChI is InChI=1S/C24H24ClN3O3S/c1-2-31-21-7-4-3-6-20(21)27-11-13-28(14-12-27)24(30)17-9-10-18(25)19(16-17)26-23(29)22-8-5-15-32-22/h3-10,15-16H,2,11-14H2,1H3,(H,26,29). The zero-order valence-electron chi connectivity index (χ0n) is 17.7. The van der Waals surface area contributed by atoms with Gasteiger partial charge in [0.1, 0.15) is 5.75 Å². The number of hydrogen-bond acceptors (Lipinski definition) is 5. The van der Waals surface area contributed by atoms with Gasteiger partial charge in [-0.1, -0.05) is 29.8 Å². The van der Waals surface area contributed by atoms with Gasteiger partial charge in [-0.15, -0.1) is 11.3 Å². The maximum absolute atomic E-state index is 13.1. The summed E-state index contributed by atoms with van der Waals surface area (Å²) in [5.41, 5.74) is 1.98. The lowest BCUT2D eigenvalue weighted by molar-refractivity contribution is 0.0746. The molecule has 1 aromatic heterocycles. The smallest absolute Gasteiger partial charge is 0.265 e. The zero-order valence-corrected chi connectivity index (χ0v) is 19.3. The minimum absolute atomic E-state index is 0.0777. The van der Waals surface area contributed by atoms with Crippen LogP contribution in [0.15, 0.2) is 60.0 Å². The van der Waals surface area contributed by atoms with Gasteiger partial charge in [-0.25, -0.2) is 0 Å². The van der Waals surface area contributed by atoms with Gasteiger partial charge < -0.3 is 19.9 Å². The number of rotatable bonds is 6. The lowest BCUT2D eigenvalue weighted by Gasteiger charge is -2.36. The van der Waals surface area contributed by atoms with Crippen LogP contribution in [0.1, 0.15) is 27.0 Å². The third kappa shape index (κ3) is 4.89. The molecule has 1 N–H and O–H groups in total. The van der Waals surface area contributed by atoms with E-state index in [4.69, 9.17) is 16.3 Å². The van der Waals surface area contributed by atoms with E-state index in [1.54, 1.807) is 24.3 Å². The van der Waals surface area contributed by atoms with Gasteiger partial charge in [0.25, 0.3) is 11.8 Å². The number of benzene rings is 2. The molecule has 2 aromatic carbocycles. The number of amides is 2. The van der Waals surface area contributed by atoms with Crippen molar-refractivity contribution in [2.45, 2.75) is 6.92 Å². The molecule has 6 nitrogen and oxygen atoms in total. The Hall–Kier alpha value is -3.03. The molecular formula is C24H24ClN3O3S. The van der Waals surface area contributed by atoms with Gasteiger partial charge in [0.15, 0.2) is 0 Å². The first-order valence-electron chi connectivity index (χ1n) is 10.5. The fourth-order valence-corrected chi connectivity index (χ4v) is 4.46. The molecule has 2 amide bonds. The van der Waals surface area contributed by atoms with Crippen LogP contribution >= 0.6 is 22.9 Å². The Kier molecular flexibility index (Phi) is 6.97. The summed E-state index contributed by atoms with van der Waals surface area (Å²) in [4.78, 5) is 30.2. The van der Waals surface area contributed by atoms with E-state index in [1.807, 2.05) is 47.5 Å². The van der Waals surface area contributed by atoms with Crippen LogP contribution in [-0.2, 0) is 0 Å². The first-order valence-corrected chi connectivity index (χ1v) is 11.7. The van der Waals surface area contributed by atoms with Gasteiger partial charge in [-0.2, -0.15) is 0 Å². The van der Waals surface area contributed by atoms with Crippen molar-refractivity contribution in [1.29, 1.82) is 0 Å². The molecule has 0 radical (unpaired) electrons. The van der Waals surface area contributed by atoms with Gasteiger partial charge in [0.2, 0.25) is 0 Å². The van der Waals surface area contributed by atoms with Gasteiger partial charge in [-0.3, -0.25) is 9.59 Å². The second-order valence-corrected chi connectivity index (χ2v) is 8.66. The maximum Gasteiger partial charge on any atom is 0.265 e. The summed E-state index contributed by atoms with van der Waals surface area (Å²) in [7, 11) is 0. The average molecular weight is 470 g/mol. The normalized spacial score (nSPS) is 13.7. The molecule has 0 atom stereocenters. The number of piperazine rings is 1. The van der Waals surface area contributed by atoms with Crippen LogP contribution in [0.2, 0.25) is 5.02 Å². The second kappa shape index (κ2) is 10.1. The first kappa shape index (κ1) is 22.2. The Morgan fingerprint density at radius 1 is 1.06 bits per heavy atom. The number of carbonyl (C=O) groups excluding carboxylic acids is 2. The van der Waals surface area contributed by atoms with E-state index in [2.05, 4.69) is 10.2 Å². The summed E-state index contributed by atoms with van der Waals surface area (Å²) >= 11 is 7.61. The summed E-state index contributed by atoms with van der Waals surface area (Å²) < 4.78 is 5.75. The van der Waals surface area contributed by atoms with Crippen LogP contribution in [0.3, 0.4) is 0 Å². The molecule has 8 heteroatoms. The number of ether oxygens (including phenoxy) is 1. The molecule has 166 valence electrons. The van der Waals surface area contributed by atoms with Crippen molar-refractivity contribution in [1.82, 2.24) is 4.90 Å². The minimum Gasteiger partial charge on any atom is -0.492 e. The van der Waals surface area contributed by atoms with E-state index in [0.29, 0.717) is 53.9 Å². The van der Waals surface area contributed by atoms with Crippen LogP contribution in [0.4, 0.5) is 11.4 Å². The number of carbonyl (C=O) groups is 2. The van der Waals surface area contributed by atoms with Crippen molar-refractivity contribution in [3.8, 4) is 5.75 Å². The highest BCUT2D eigenvalue weighted by Crippen LogP contribution is 2.29. The Bertz CT molecular complexity index is 1100. The molecule has 0 bridgehead atoms. The zero-order chi connectivity index (χ0) is 22.5. The molecule has 4 rings (SSSR count). The number of hydrogen-bond donors (Lipinski definition) is 1. The summed E-state index contributed by atoms with van der Waals surface area (Å²) in [5.74, 6) is 0.540. The number of thiophene rings is 1. The maximum atomic E-state index is 13.1. The fraction of sp³-hybridized carbons (Fsp3) is 0.250. The first-order chi connectivity index (χ1) is 15.6. The van der Waals surface area contributed by atoms with Crippen LogP contribution in [0.5, 0.6) is 5.75 Å². The summed E-state index contributed by atoms with van der Waals surface area (Å²) in [6.45, 7) is 5.20. The van der Waals surface area contributed by atoms with Gasteiger partial charge in [0, 0.05) is 31.7 Å². The molecule has 1 saturated heterocycles. The largest absolute Gasteiger partial charge is 0.492 e. The summed E-state index contributed by atoms with van der Waals surface area (Å²) in [6.07, 6.45) is 0. The molecule has 2 heterocycles. The minimum atomic E-state index is -0.243. The second-order valence-electron chi connectivity index (χ2n) is 7.31. The number of nitrogens with one attached hydrogen (secondary N) is 1. The summed E-state index contributed by atoms with van der Waals surface area (Å²) in [5, 5.41) is 5.03. The third-order valence-corrected chi connectivity index (χ3v) is 6.48. The molecule has 1 fully saturated rings. The number of nitrogens with zero attached hydrogens (tertiary/aromatic N) is 2. The number of halogens is 1. The van der Waals surface area contributed by atoms with Crippen molar-refractivity contribution < 1.29 is 14.3 Å². The third-order valence-electron chi connectivity index (χ3n) is 5.28. The highest BCUT2D eigenvalue weighted by Gasteiger charge is 2.24. The van der Waals surface area contributed by atoms with Crippen molar-refractivity contribution in [3.63, 3.8) is 0 Å². The Morgan fingerprint density at radius 2 is 1.84 bits per heavy atom. The fourth-order valence-electron chi connectivity index (χ4n) is 3.67. The molecule has 1 aliphatic rings. The predicted octanol–water partition coefficient (Wildman–Crippen LogP) is 5.01. The van der Waals surface area contributed by atoms with Crippen LogP contribution in [0, 0.1) is 0 Å². The quantitative estimate of drug-likeness (QED) is 0.551. The van der Waals surface area contributed by atoms with Crippen molar-refractivity contribution in [2.75, 3.05) is 43.0 Å². The monoisotopic (exact) mass is 469 g/mol. The molecular weight excluding hydrogens is 446 g/mol. The van der Waals surface area contributed by atoms with Crippen LogP contribution < -0.4 is 15.0 Å². The molecule has 0 aliphatic carbocycles. The molecule has 0 unspecified atom stereocenters. The van der Waals surface area contributed by atoms with Gasteiger partial charge in [0.05, 0.1) is 27.9 Å². The topological polar surface area (TPSA) is 61.9 Å². The lowest BCUT2D eigenvalue weighted by atomic mass is 10.1. The van der Waals surface area contributed by atoms with Gasteiger partial charge >= 0.3 is 0 Å². The highest BCUT2D eigenvalue weighted by atomic mass is 35.5. The van der Waals surface area contributed by atoms with Crippen LogP contribution in [0.25, 0.3) is 0 Å². The SMILES string of the molecule is CCOc1ccccc1N1CCN(C(=O)c2ccc(Cl)c(NC(=O)c3cccs3)c2)CC1. The van der Waals surface area contributed by atoms with E-state index >= 15 is 0 Å². The lowest BCUT2D eigenvalue weighted by Crippen LogP contribution is -2.48. The number of para-hydroxylation sites is 2. The molecule has 0 saturated carbocycles. The van der Waals surface area contributed by atoms with E-state index < -0.39 is 0 Å². The molecule has 1 aliphatic heterocycles. The number of anilines is 2. The Labute approximate surface area is 196 Å². The molecule has 3 aromatic rings. The Balaban J connectivity index is 1.43. The van der Waals surface area contributed by atoms with E-state index in [9.17, 15) is 9.59 Å². The van der Waals surface area contributed by atoms with Crippen molar-refractivity contribution in [3.05, 3.63) is 75.4 Å². The highest BCUT2D eigenvalue weighted by molar-refractivity contribution is 7.12. The van der Waals surface area contributed by atoms with Gasteiger partial charge in [-0.05, 0) is 48.7 Å². The summed E-state index contributed by atoms with van der Waals surface area (Å²) in [6, 6.07) is 16.5. The predicted molar refractivity (Wildman–Crippen MR) is 129 cm³/mol. The van der Waals surface area contributed by atoms with Crippen molar-refractivity contribution in [2.24, 2.45) is 0 Å². The Morgan fingerprint density at radius 3 is 2.56 bits per heavy atom. The molecule has 0 spiro atoms. The van der Waals surface area contributed by atoms with Crippen LogP contribution in [-0.4, -0.2) is 49.5 Å². The van der Waals surface area contributed by atoms with E-state index in [0.717, 1.165) is 11.4 Å². The van der Waals surface area contributed by atoms with Crippen molar-refractivity contribution >= 4 is 46.1 Å². The molecule has 32 heavy (non-hydrogen) atoms. The average Bonchev–Trinajstić information content (AvgIpc) is 3.36. The van der Waals surface area contributed by atoms with E-state index in [1.165, 1.54) is 11.3 Å².